The summed E-state index contributed by atoms with van der Waals surface area (Å²) in [6.07, 6.45) is 0. The third-order valence-corrected chi connectivity index (χ3v) is 2.84. The third kappa shape index (κ3) is 1.88. The molecule has 0 fully saturated rings. The molecule has 0 heterocycles. The number of halogens is 4. The highest BCUT2D eigenvalue weighted by Crippen LogP contribution is 2.29. The maximum Gasteiger partial charge on any atom is 0.337 e. The van der Waals surface area contributed by atoms with Gasteiger partial charge in [0.25, 0.3) is 0 Å². The predicted molar refractivity (Wildman–Crippen MR) is 48.7 cm³/mol. The molecular formula is C7H2Br2F2O2. The highest BCUT2D eigenvalue weighted by Gasteiger charge is 2.18. The van der Waals surface area contributed by atoms with E-state index in [-0.39, 0.29) is 8.95 Å². The van der Waals surface area contributed by atoms with Crippen molar-refractivity contribution in [3.05, 3.63) is 32.2 Å². The molecule has 2 nitrogen and oxygen atoms in total. The van der Waals surface area contributed by atoms with Crippen molar-refractivity contribution in [1.82, 2.24) is 0 Å². The molecule has 1 aromatic carbocycles. The van der Waals surface area contributed by atoms with Gasteiger partial charge in [0.2, 0.25) is 0 Å². The fraction of sp³-hybridized carbons (Fsp3) is 0. The van der Waals surface area contributed by atoms with E-state index >= 15 is 0 Å². The van der Waals surface area contributed by atoms with Crippen LogP contribution in [0.2, 0.25) is 0 Å². The van der Waals surface area contributed by atoms with Gasteiger partial charge in [0.05, 0.1) is 14.5 Å². The van der Waals surface area contributed by atoms with Gasteiger partial charge in [0.15, 0.2) is 5.82 Å². The first-order valence-electron chi connectivity index (χ1n) is 3.01. The zero-order valence-electron chi connectivity index (χ0n) is 5.94. The molecule has 70 valence electrons. The Balaban J connectivity index is 3.50. The first-order valence-corrected chi connectivity index (χ1v) is 4.60. The van der Waals surface area contributed by atoms with Crippen molar-refractivity contribution in [3.63, 3.8) is 0 Å². The summed E-state index contributed by atoms with van der Waals surface area (Å²) in [6.45, 7) is 0. The standard InChI is InChI=1S/C7H2Br2F2O2/c8-4-2(7(12)13)1-3(10)5(9)6(4)11/h1H,(H,12,13). The summed E-state index contributed by atoms with van der Waals surface area (Å²) in [7, 11) is 0. The number of hydrogen-bond acceptors (Lipinski definition) is 1. The molecule has 0 saturated carbocycles. The maximum atomic E-state index is 13.0. The van der Waals surface area contributed by atoms with Crippen LogP contribution < -0.4 is 0 Å². The molecule has 0 saturated heterocycles. The summed E-state index contributed by atoms with van der Waals surface area (Å²) >= 11 is 5.35. The zero-order valence-corrected chi connectivity index (χ0v) is 9.12. The summed E-state index contributed by atoms with van der Waals surface area (Å²) in [5.41, 5.74) is -0.446. The van der Waals surface area contributed by atoms with Crippen LogP contribution in [0.5, 0.6) is 0 Å². The molecule has 0 aromatic heterocycles. The van der Waals surface area contributed by atoms with E-state index in [4.69, 9.17) is 5.11 Å². The molecule has 0 amide bonds. The van der Waals surface area contributed by atoms with Crippen molar-refractivity contribution in [2.75, 3.05) is 0 Å². The van der Waals surface area contributed by atoms with E-state index in [0.29, 0.717) is 0 Å². The highest BCUT2D eigenvalue weighted by molar-refractivity contribution is 9.11. The van der Waals surface area contributed by atoms with Crippen LogP contribution in [0.25, 0.3) is 0 Å². The SMILES string of the molecule is O=C(O)c1cc(F)c(Br)c(F)c1Br. The summed E-state index contributed by atoms with van der Waals surface area (Å²) < 4.78 is 25.2. The lowest BCUT2D eigenvalue weighted by molar-refractivity contribution is 0.0694. The Kier molecular flexibility index (Phi) is 3.02. The second kappa shape index (κ2) is 3.71. The van der Waals surface area contributed by atoms with Gasteiger partial charge in [-0.1, -0.05) is 0 Å². The Hall–Kier alpha value is -0.490. The number of carbonyl (C=O) groups is 1. The Morgan fingerprint density at radius 2 is 1.85 bits per heavy atom. The van der Waals surface area contributed by atoms with Crippen molar-refractivity contribution in [3.8, 4) is 0 Å². The number of hydrogen-bond donors (Lipinski definition) is 1. The topological polar surface area (TPSA) is 37.3 Å². The minimum Gasteiger partial charge on any atom is -0.478 e. The average Bonchev–Trinajstić information content (AvgIpc) is 2.07. The quantitative estimate of drug-likeness (QED) is 0.638. The van der Waals surface area contributed by atoms with Gasteiger partial charge in [-0.15, -0.1) is 0 Å². The number of carboxylic acids is 1. The van der Waals surface area contributed by atoms with Gasteiger partial charge in [-0.05, 0) is 37.9 Å². The van der Waals surface area contributed by atoms with Crippen molar-refractivity contribution >= 4 is 37.8 Å². The van der Waals surface area contributed by atoms with Crippen LogP contribution in [0, 0.1) is 11.6 Å². The highest BCUT2D eigenvalue weighted by atomic mass is 79.9. The van der Waals surface area contributed by atoms with E-state index in [0.717, 1.165) is 6.07 Å². The summed E-state index contributed by atoms with van der Waals surface area (Å²) in [4.78, 5) is 10.5. The van der Waals surface area contributed by atoms with Crippen molar-refractivity contribution in [1.29, 1.82) is 0 Å². The zero-order chi connectivity index (χ0) is 10.2. The van der Waals surface area contributed by atoms with Gasteiger partial charge >= 0.3 is 5.97 Å². The normalized spacial score (nSPS) is 10.2. The Morgan fingerprint density at radius 1 is 1.31 bits per heavy atom. The maximum absolute atomic E-state index is 13.0. The molecule has 6 heteroatoms. The smallest absolute Gasteiger partial charge is 0.337 e. The van der Waals surface area contributed by atoms with E-state index in [1.54, 1.807) is 0 Å². The molecular weight excluding hydrogens is 314 g/mol. The monoisotopic (exact) mass is 314 g/mol. The van der Waals surface area contributed by atoms with Crippen LogP contribution in [-0.4, -0.2) is 11.1 Å². The van der Waals surface area contributed by atoms with Gasteiger partial charge in [0.1, 0.15) is 5.82 Å². The molecule has 1 rings (SSSR count). The van der Waals surface area contributed by atoms with Gasteiger partial charge in [-0.3, -0.25) is 0 Å². The first kappa shape index (κ1) is 10.6. The van der Waals surface area contributed by atoms with Gasteiger partial charge in [-0.2, -0.15) is 0 Å². The van der Waals surface area contributed by atoms with Crippen LogP contribution in [0.3, 0.4) is 0 Å². The predicted octanol–water partition coefficient (Wildman–Crippen LogP) is 3.19. The van der Waals surface area contributed by atoms with Crippen LogP contribution in [-0.2, 0) is 0 Å². The first-order chi connectivity index (χ1) is 5.95. The largest absolute Gasteiger partial charge is 0.478 e. The van der Waals surface area contributed by atoms with Gasteiger partial charge < -0.3 is 5.11 Å². The molecule has 1 N–H and O–H groups in total. The van der Waals surface area contributed by atoms with Crippen LogP contribution in [0.1, 0.15) is 10.4 Å². The number of benzene rings is 1. The molecule has 0 bridgehead atoms. The summed E-state index contributed by atoms with van der Waals surface area (Å²) in [5.74, 6) is -3.30. The van der Waals surface area contributed by atoms with Gasteiger partial charge in [0, 0.05) is 0 Å². The molecule has 0 spiro atoms. The molecule has 0 aliphatic rings. The molecule has 0 aliphatic carbocycles. The van der Waals surface area contributed by atoms with Crippen molar-refractivity contribution < 1.29 is 18.7 Å². The molecule has 13 heavy (non-hydrogen) atoms. The van der Waals surface area contributed by atoms with Crippen LogP contribution in [0.15, 0.2) is 15.0 Å². The Bertz CT molecular complexity index is 379. The van der Waals surface area contributed by atoms with Gasteiger partial charge in [-0.25, -0.2) is 13.6 Å². The molecule has 0 aliphatic heterocycles. The van der Waals surface area contributed by atoms with E-state index in [1.165, 1.54) is 0 Å². The minimum absolute atomic E-state index is 0.270. The number of aromatic carboxylic acids is 1. The minimum atomic E-state index is -1.39. The number of carboxylic acid groups (broad SMARTS) is 1. The molecule has 0 radical (unpaired) electrons. The Labute approximate surface area is 88.8 Å². The second-order valence-electron chi connectivity index (χ2n) is 2.15. The fourth-order valence-corrected chi connectivity index (χ4v) is 1.79. The van der Waals surface area contributed by atoms with E-state index in [9.17, 15) is 13.6 Å². The summed E-state index contributed by atoms with van der Waals surface area (Å²) in [6, 6.07) is 0.736. The molecule has 0 unspecified atom stereocenters. The lowest BCUT2D eigenvalue weighted by Crippen LogP contribution is -2.01. The van der Waals surface area contributed by atoms with Crippen molar-refractivity contribution in [2.45, 2.75) is 0 Å². The average molecular weight is 316 g/mol. The van der Waals surface area contributed by atoms with E-state index in [2.05, 4.69) is 31.9 Å². The van der Waals surface area contributed by atoms with Crippen LogP contribution >= 0.6 is 31.9 Å². The summed E-state index contributed by atoms with van der Waals surface area (Å²) in [5, 5.41) is 8.53. The second-order valence-corrected chi connectivity index (χ2v) is 3.74. The van der Waals surface area contributed by atoms with E-state index in [1.807, 2.05) is 0 Å². The fourth-order valence-electron chi connectivity index (χ4n) is 0.728. The van der Waals surface area contributed by atoms with Crippen molar-refractivity contribution in [2.24, 2.45) is 0 Å². The lowest BCUT2D eigenvalue weighted by Gasteiger charge is -2.03. The number of rotatable bonds is 1. The van der Waals surface area contributed by atoms with Crippen LogP contribution in [0.4, 0.5) is 8.78 Å². The lowest BCUT2D eigenvalue weighted by atomic mass is 10.2. The van der Waals surface area contributed by atoms with E-state index < -0.39 is 23.2 Å². The third-order valence-electron chi connectivity index (χ3n) is 1.33. The molecule has 1 aromatic rings. The Morgan fingerprint density at radius 3 is 2.31 bits per heavy atom. The molecule has 0 atom stereocenters.